The van der Waals surface area contributed by atoms with E-state index in [4.69, 9.17) is 9.94 Å². The molecule has 0 radical (unpaired) electrons. The maximum atomic E-state index is 8.27. The fourth-order valence-electron chi connectivity index (χ4n) is 1.67. The van der Waals surface area contributed by atoms with Gasteiger partial charge >= 0.3 is 0 Å². The maximum Gasteiger partial charge on any atom is 0.201 e. The van der Waals surface area contributed by atoms with Gasteiger partial charge in [0.1, 0.15) is 5.75 Å². The van der Waals surface area contributed by atoms with Crippen molar-refractivity contribution in [1.82, 2.24) is 5.59 Å². The second-order valence-electron chi connectivity index (χ2n) is 3.76. The van der Waals surface area contributed by atoms with Crippen molar-refractivity contribution in [3.8, 4) is 5.75 Å². The van der Waals surface area contributed by atoms with Crippen LogP contribution in [0.4, 0.5) is 0 Å². The molecule has 0 fully saturated rings. The lowest BCUT2D eigenvalue weighted by Gasteiger charge is -2.04. The van der Waals surface area contributed by atoms with Gasteiger partial charge in [-0.15, -0.1) is 5.10 Å². The zero-order chi connectivity index (χ0) is 12.6. The van der Waals surface area contributed by atoms with Gasteiger partial charge in [0.15, 0.2) is 0 Å². The topological polar surface area (TPSA) is 53.8 Å². The molecule has 2 rings (SSSR count). The van der Waals surface area contributed by atoms with Gasteiger partial charge in [-0.05, 0) is 29.7 Å². The summed E-state index contributed by atoms with van der Waals surface area (Å²) in [7, 11) is 0. The Morgan fingerprint density at radius 3 is 2.61 bits per heavy atom. The molecule has 0 amide bonds. The molecule has 0 aliphatic heterocycles. The third-order valence-corrected chi connectivity index (χ3v) is 2.45. The van der Waals surface area contributed by atoms with Crippen molar-refractivity contribution in [1.29, 1.82) is 0 Å². The Bertz CT molecular complexity index is 512. The number of nitrogens with zero attached hydrogens (tertiary/aromatic N) is 1. The molecule has 0 saturated carbocycles. The summed E-state index contributed by atoms with van der Waals surface area (Å²) in [6.45, 7) is 0. The third kappa shape index (κ3) is 3.61. The molecule has 0 saturated heterocycles. The first-order chi connectivity index (χ1) is 8.88. The van der Waals surface area contributed by atoms with E-state index in [-0.39, 0.29) is 0 Å². The Morgan fingerprint density at radius 1 is 1.06 bits per heavy atom. The molecule has 2 aromatic rings. The van der Waals surface area contributed by atoms with Gasteiger partial charge in [0.25, 0.3) is 0 Å². The van der Waals surface area contributed by atoms with Crippen LogP contribution in [0.1, 0.15) is 11.1 Å². The second-order valence-corrected chi connectivity index (χ2v) is 3.76. The maximum absolute atomic E-state index is 8.27. The molecule has 0 heterocycles. The van der Waals surface area contributed by atoms with Crippen LogP contribution in [0.5, 0.6) is 5.75 Å². The number of ether oxygens (including phenoxy) is 1. The third-order valence-electron chi connectivity index (χ3n) is 2.45. The number of hydrazone groups is 1. The van der Waals surface area contributed by atoms with Gasteiger partial charge in [-0.1, -0.05) is 42.5 Å². The van der Waals surface area contributed by atoms with E-state index in [0.717, 1.165) is 18.4 Å². The molecule has 2 N–H and O–H groups in total. The predicted molar refractivity (Wildman–Crippen MR) is 69.7 cm³/mol. The van der Waals surface area contributed by atoms with Gasteiger partial charge in [-0.3, -0.25) is 5.21 Å². The highest BCUT2D eigenvalue weighted by molar-refractivity contribution is 5.51. The van der Waals surface area contributed by atoms with Crippen molar-refractivity contribution < 1.29 is 9.94 Å². The second kappa shape index (κ2) is 6.42. The van der Waals surface area contributed by atoms with Crippen LogP contribution in [0.15, 0.2) is 59.7 Å². The summed E-state index contributed by atoms with van der Waals surface area (Å²) in [4.78, 5) is 0. The van der Waals surface area contributed by atoms with E-state index < -0.39 is 0 Å². The molecule has 0 aromatic heterocycles. The van der Waals surface area contributed by atoms with Crippen LogP contribution in [0.2, 0.25) is 0 Å². The van der Waals surface area contributed by atoms with Crippen molar-refractivity contribution >= 4 is 6.40 Å². The smallest absolute Gasteiger partial charge is 0.201 e. The average molecular weight is 242 g/mol. The summed E-state index contributed by atoms with van der Waals surface area (Å²) in [5.41, 5.74) is 4.04. The number of hydrogen-bond donors (Lipinski definition) is 2. The van der Waals surface area contributed by atoms with Crippen LogP contribution in [0.25, 0.3) is 0 Å². The molecule has 0 unspecified atom stereocenters. The monoisotopic (exact) mass is 242 g/mol. The van der Waals surface area contributed by atoms with Crippen LogP contribution in [0, 0.1) is 0 Å². The Hall–Kier alpha value is -2.33. The molecule has 0 spiro atoms. The van der Waals surface area contributed by atoms with Gasteiger partial charge in [0.2, 0.25) is 6.40 Å². The lowest BCUT2D eigenvalue weighted by Crippen LogP contribution is -1.99. The van der Waals surface area contributed by atoms with Gasteiger partial charge in [0, 0.05) is 0 Å². The number of benzene rings is 2. The minimum atomic E-state index is 0.683. The largest absolute Gasteiger partial charge is 0.444 e. The summed E-state index contributed by atoms with van der Waals surface area (Å²) in [6.07, 6.45) is 2.00. The van der Waals surface area contributed by atoms with Gasteiger partial charge < -0.3 is 4.74 Å². The Morgan fingerprint density at radius 2 is 1.83 bits per heavy atom. The van der Waals surface area contributed by atoms with Crippen LogP contribution < -0.4 is 10.3 Å². The van der Waals surface area contributed by atoms with Crippen LogP contribution in [-0.2, 0) is 6.42 Å². The molecule has 0 aliphatic carbocycles. The van der Waals surface area contributed by atoms with E-state index in [1.54, 1.807) is 5.59 Å². The van der Waals surface area contributed by atoms with Crippen molar-refractivity contribution in [3.05, 3.63) is 65.7 Å². The van der Waals surface area contributed by atoms with E-state index in [0.29, 0.717) is 5.75 Å². The minimum Gasteiger partial charge on any atom is -0.444 e. The lowest BCUT2D eigenvalue weighted by atomic mass is 10.1. The number of hydrogen-bond acceptors (Lipinski definition) is 4. The zero-order valence-corrected chi connectivity index (χ0v) is 9.78. The number of rotatable bonds is 5. The molecule has 4 heteroatoms. The van der Waals surface area contributed by atoms with Gasteiger partial charge in [0.05, 0.1) is 0 Å². The SMILES string of the molecule is ON/N=C/Oc1cccc(Cc2ccccc2)c1. The van der Waals surface area contributed by atoms with Crippen molar-refractivity contribution in [2.75, 3.05) is 0 Å². The lowest BCUT2D eigenvalue weighted by molar-refractivity contribution is 0.170. The quantitative estimate of drug-likeness (QED) is 0.481. The highest BCUT2D eigenvalue weighted by Crippen LogP contribution is 2.16. The summed E-state index contributed by atoms with van der Waals surface area (Å²) in [5, 5.41) is 11.6. The molecule has 18 heavy (non-hydrogen) atoms. The van der Waals surface area contributed by atoms with Crippen molar-refractivity contribution in [3.63, 3.8) is 0 Å². The molecular formula is C14H14N2O2. The molecule has 0 bridgehead atoms. The summed E-state index contributed by atoms with van der Waals surface area (Å²) >= 11 is 0. The van der Waals surface area contributed by atoms with Crippen LogP contribution in [-0.4, -0.2) is 11.6 Å². The number of nitrogens with one attached hydrogen (secondary N) is 1. The van der Waals surface area contributed by atoms with Crippen molar-refractivity contribution in [2.24, 2.45) is 5.10 Å². The van der Waals surface area contributed by atoms with Gasteiger partial charge in [-0.2, -0.15) is 5.59 Å². The van der Waals surface area contributed by atoms with E-state index in [1.165, 1.54) is 5.56 Å². The predicted octanol–water partition coefficient (Wildman–Crippen LogP) is 2.58. The molecule has 92 valence electrons. The molecule has 2 aromatic carbocycles. The first-order valence-electron chi connectivity index (χ1n) is 5.58. The molecular weight excluding hydrogens is 228 g/mol. The highest BCUT2D eigenvalue weighted by Gasteiger charge is 1.98. The minimum absolute atomic E-state index is 0.683. The standard InChI is InChI=1S/C14H14N2O2/c17-16-15-11-18-14-8-4-7-13(10-14)9-12-5-2-1-3-6-12/h1-8,10-11,16-17H,9H2/b15-11+. The van der Waals surface area contributed by atoms with E-state index in [2.05, 4.69) is 17.2 Å². The van der Waals surface area contributed by atoms with Crippen molar-refractivity contribution in [2.45, 2.75) is 6.42 Å². The molecule has 0 atom stereocenters. The van der Waals surface area contributed by atoms with E-state index in [9.17, 15) is 0 Å². The van der Waals surface area contributed by atoms with E-state index in [1.807, 2.05) is 42.5 Å². The van der Waals surface area contributed by atoms with Crippen LogP contribution in [0.3, 0.4) is 0 Å². The molecule has 4 nitrogen and oxygen atoms in total. The summed E-state index contributed by atoms with van der Waals surface area (Å²) in [6, 6.07) is 18.0. The first-order valence-corrected chi connectivity index (χ1v) is 5.58. The molecule has 0 aliphatic rings. The fraction of sp³-hybridized carbons (Fsp3) is 0.0714. The highest BCUT2D eigenvalue weighted by atomic mass is 16.5. The fourth-order valence-corrected chi connectivity index (χ4v) is 1.67. The Labute approximate surface area is 105 Å². The normalized spacial score (nSPS) is 10.5. The van der Waals surface area contributed by atoms with Crippen LogP contribution >= 0.6 is 0 Å². The first kappa shape index (κ1) is 12.1. The summed E-state index contributed by atoms with van der Waals surface area (Å²) in [5.74, 6) is 0.683. The summed E-state index contributed by atoms with van der Waals surface area (Å²) < 4.78 is 5.21. The Balaban J connectivity index is 2.05. The Kier molecular flexibility index (Phi) is 4.33. The zero-order valence-electron chi connectivity index (χ0n) is 9.78. The average Bonchev–Trinajstić information content (AvgIpc) is 2.41. The van der Waals surface area contributed by atoms with E-state index >= 15 is 0 Å². The van der Waals surface area contributed by atoms with Gasteiger partial charge in [-0.25, -0.2) is 0 Å².